The van der Waals surface area contributed by atoms with Crippen molar-refractivity contribution in [3.8, 4) is 11.5 Å². The Labute approximate surface area is 175 Å². The number of hydrogen-bond donors (Lipinski definition) is 2. The Hall–Kier alpha value is -3.80. The molecule has 0 aromatic heterocycles. The highest BCUT2D eigenvalue weighted by atomic mass is 16.5. The van der Waals surface area contributed by atoms with Crippen LogP contribution in [0.25, 0.3) is 0 Å². The van der Waals surface area contributed by atoms with Crippen LogP contribution in [0.1, 0.15) is 34.6 Å². The molecule has 0 bridgehead atoms. The molecule has 0 radical (unpaired) electrons. The number of para-hydroxylation sites is 2. The van der Waals surface area contributed by atoms with Crippen LogP contribution >= 0.6 is 0 Å². The summed E-state index contributed by atoms with van der Waals surface area (Å²) in [6, 6.07) is 21.1. The van der Waals surface area contributed by atoms with E-state index in [9.17, 15) is 9.59 Å². The van der Waals surface area contributed by atoms with Gasteiger partial charge in [-0.3, -0.25) is 9.59 Å². The summed E-state index contributed by atoms with van der Waals surface area (Å²) in [5.41, 5.74) is 2.00. The molecule has 0 saturated heterocycles. The molecular formula is C24H24N2O4. The van der Waals surface area contributed by atoms with Gasteiger partial charge in [0.15, 0.2) is 0 Å². The fourth-order valence-corrected chi connectivity index (χ4v) is 2.94. The van der Waals surface area contributed by atoms with Crippen LogP contribution < -0.4 is 20.1 Å². The second-order valence-corrected chi connectivity index (χ2v) is 6.35. The van der Waals surface area contributed by atoms with E-state index in [1.807, 2.05) is 26.0 Å². The summed E-state index contributed by atoms with van der Waals surface area (Å²) in [4.78, 5) is 25.4. The van der Waals surface area contributed by atoms with Crippen LogP contribution in [0.3, 0.4) is 0 Å². The number of benzene rings is 3. The average molecular weight is 404 g/mol. The third kappa shape index (κ3) is 5.17. The quantitative estimate of drug-likeness (QED) is 0.555. The second kappa shape index (κ2) is 10.1. The maximum Gasteiger partial charge on any atom is 0.259 e. The van der Waals surface area contributed by atoms with Gasteiger partial charge in [-0.1, -0.05) is 30.3 Å². The molecule has 0 spiro atoms. The van der Waals surface area contributed by atoms with Crippen LogP contribution in [-0.4, -0.2) is 25.0 Å². The highest BCUT2D eigenvalue weighted by Crippen LogP contribution is 2.23. The lowest BCUT2D eigenvalue weighted by Crippen LogP contribution is -2.15. The largest absolute Gasteiger partial charge is 0.493 e. The Balaban J connectivity index is 1.74. The van der Waals surface area contributed by atoms with Gasteiger partial charge in [0.25, 0.3) is 11.8 Å². The van der Waals surface area contributed by atoms with Crippen molar-refractivity contribution in [2.24, 2.45) is 0 Å². The molecule has 0 aliphatic rings. The van der Waals surface area contributed by atoms with E-state index in [-0.39, 0.29) is 11.8 Å². The Morgan fingerprint density at radius 2 is 1.10 bits per heavy atom. The van der Waals surface area contributed by atoms with Gasteiger partial charge in [0.05, 0.1) is 24.3 Å². The minimum Gasteiger partial charge on any atom is -0.493 e. The smallest absolute Gasteiger partial charge is 0.259 e. The first-order valence-electron chi connectivity index (χ1n) is 9.78. The second-order valence-electron chi connectivity index (χ2n) is 6.35. The van der Waals surface area contributed by atoms with Gasteiger partial charge < -0.3 is 20.1 Å². The molecular weight excluding hydrogens is 380 g/mol. The number of hydrogen-bond acceptors (Lipinski definition) is 4. The molecule has 6 heteroatoms. The van der Waals surface area contributed by atoms with Crippen molar-refractivity contribution >= 4 is 23.2 Å². The summed E-state index contributed by atoms with van der Waals surface area (Å²) in [5.74, 6) is 0.470. The van der Waals surface area contributed by atoms with Crippen LogP contribution in [0.15, 0.2) is 72.8 Å². The minimum atomic E-state index is -0.288. The van der Waals surface area contributed by atoms with Gasteiger partial charge in [0.2, 0.25) is 0 Å². The summed E-state index contributed by atoms with van der Waals surface area (Å²) >= 11 is 0. The van der Waals surface area contributed by atoms with E-state index in [0.717, 1.165) is 0 Å². The number of carbonyl (C=O) groups is 2. The zero-order chi connectivity index (χ0) is 21.3. The number of rotatable bonds is 8. The number of nitrogens with one attached hydrogen (secondary N) is 2. The standard InChI is InChI=1S/C24H24N2O4/c1-3-29-21-14-7-5-12-19(21)23(27)25-17-10-9-11-18(16-17)26-24(28)20-13-6-8-15-22(20)30-4-2/h5-16H,3-4H2,1-2H3,(H,25,27)(H,26,28). The van der Waals surface area contributed by atoms with Gasteiger partial charge in [-0.2, -0.15) is 0 Å². The zero-order valence-electron chi connectivity index (χ0n) is 17.0. The van der Waals surface area contributed by atoms with Crippen molar-refractivity contribution in [2.45, 2.75) is 13.8 Å². The maximum atomic E-state index is 12.7. The Morgan fingerprint density at radius 3 is 1.53 bits per heavy atom. The first kappa shape index (κ1) is 20.9. The summed E-state index contributed by atoms with van der Waals surface area (Å²) in [6.45, 7) is 4.67. The molecule has 154 valence electrons. The summed E-state index contributed by atoms with van der Waals surface area (Å²) in [6.07, 6.45) is 0. The SMILES string of the molecule is CCOc1ccccc1C(=O)Nc1cccc(NC(=O)c2ccccc2OCC)c1. The molecule has 0 saturated carbocycles. The first-order chi connectivity index (χ1) is 14.6. The summed E-state index contributed by atoms with van der Waals surface area (Å²) in [7, 11) is 0. The van der Waals surface area contributed by atoms with Crippen molar-refractivity contribution in [3.63, 3.8) is 0 Å². The molecule has 0 atom stereocenters. The van der Waals surface area contributed by atoms with Gasteiger partial charge in [-0.25, -0.2) is 0 Å². The molecule has 3 rings (SSSR count). The molecule has 3 aromatic carbocycles. The topological polar surface area (TPSA) is 76.7 Å². The minimum absolute atomic E-state index is 0.288. The number of carbonyl (C=O) groups excluding carboxylic acids is 2. The van der Waals surface area contributed by atoms with E-state index in [4.69, 9.17) is 9.47 Å². The number of amides is 2. The molecule has 2 N–H and O–H groups in total. The van der Waals surface area contributed by atoms with Crippen LogP contribution in [0, 0.1) is 0 Å². The average Bonchev–Trinajstić information content (AvgIpc) is 2.75. The molecule has 0 aliphatic heterocycles. The normalized spacial score (nSPS) is 10.2. The number of ether oxygens (including phenoxy) is 2. The predicted octanol–water partition coefficient (Wildman–Crippen LogP) is 4.99. The lowest BCUT2D eigenvalue weighted by molar-refractivity contribution is 0.101. The van der Waals surface area contributed by atoms with Gasteiger partial charge >= 0.3 is 0 Å². The molecule has 6 nitrogen and oxygen atoms in total. The summed E-state index contributed by atoms with van der Waals surface area (Å²) in [5, 5.41) is 5.69. The van der Waals surface area contributed by atoms with Crippen molar-refractivity contribution in [1.29, 1.82) is 0 Å². The van der Waals surface area contributed by atoms with E-state index in [1.54, 1.807) is 60.7 Å². The van der Waals surface area contributed by atoms with E-state index in [2.05, 4.69) is 10.6 Å². The third-order valence-electron chi connectivity index (χ3n) is 4.24. The predicted molar refractivity (Wildman–Crippen MR) is 118 cm³/mol. The highest BCUT2D eigenvalue weighted by Gasteiger charge is 2.14. The van der Waals surface area contributed by atoms with E-state index >= 15 is 0 Å². The fraction of sp³-hybridized carbons (Fsp3) is 0.167. The molecule has 0 aliphatic carbocycles. The Bertz CT molecular complexity index is 954. The molecule has 30 heavy (non-hydrogen) atoms. The first-order valence-corrected chi connectivity index (χ1v) is 9.78. The third-order valence-corrected chi connectivity index (χ3v) is 4.24. The fourth-order valence-electron chi connectivity index (χ4n) is 2.94. The highest BCUT2D eigenvalue weighted by molar-refractivity contribution is 6.08. The van der Waals surface area contributed by atoms with Crippen LogP contribution in [0.5, 0.6) is 11.5 Å². The maximum absolute atomic E-state index is 12.7. The van der Waals surface area contributed by atoms with Gasteiger partial charge in [0.1, 0.15) is 11.5 Å². The number of anilines is 2. The Kier molecular flexibility index (Phi) is 7.05. The lowest BCUT2D eigenvalue weighted by atomic mass is 10.1. The van der Waals surface area contributed by atoms with Crippen molar-refractivity contribution in [1.82, 2.24) is 0 Å². The van der Waals surface area contributed by atoms with Gasteiger partial charge in [-0.05, 0) is 56.3 Å². The van der Waals surface area contributed by atoms with E-state index < -0.39 is 0 Å². The monoisotopic (exact) mass is 404 g/mol. The Morgan fingerprint density at radius 1 is 0.667 bits per heavy atom. The van der Waals surface area contributed by atoms with E-state index in [1.165, 1.54) is 0 Å². The molecule has 0 heterocycles. The van der Waals surface area contributed by atoms with Crippen LogP contribution in [0.4, 0.5) is 11.4 Å². The molecule has 0 fully saturated rings. The molecule has 0 unspecified atom stereocenters. The van der Waals surface area contributed by atoms with E-state index in [0.29, 0.717) is 47.2 Å². The van der Waals surface area contributed by atoms with Gasteiger partial charge in [-0.15, -0.1) is 0 Å². The van der Waals surface area contributed by atoms with Crippen molar-refractivity contribution in [2.75, 3.05) is 23.8 Å². The molecule has 3 aromatic rings. The van der Waals surface area contributed by atoms with Crippen molar-refractivity contribution < 1.29 is 19.1 Å². The summed E-state index contributed by atoms with van der Waals surface area (Å²) < 4.78 is 11.0. The molecule has 2 amide bonds. The van der Waals surface area contributed by atoms with Crippen LogP contribution in [-0.2, 0) is 0 Å². The van der Waals surface area contributed by atoms with Gasteiger partial charge in [0, 0.05) is 11.4 Å². The zero-order valence-corrected chi connectivity index (χ0v) is 17.0. The van der Waals surface area contributed by atoms with Crippen molar-refractivity contribution in [3.05, 3.63) is 83.9 Å². The lowest BCUT2D eigenvalue weighted by Gasteiger charge is -2.12. The van der Waals surface area contributed by atoms with Crippen LogP contribution in [0.2, 0.25) is 0 Å².